The number of likely N-dealkylation sites (tertiary alicyclic amines) is 1. The number of anilines is 2. The molecule has 0 bridgehead atoms. The minimum absolute atomic E-state index is 0.0544. The van der Waals surface area contributed by atoms with Crippen LogP contribution in [0.15, 0.2) is 42.6 Å². The lowest BCUT2D eigenvalue weighted by Gasteiger charge is -2.35. The maximum atomic E-state index is 13.4. The summed E-state index contributed by atoms with van der Waals surface area (Å²) in [6.07, 6.45) is 6.02. The highest BCUT2D eigenvalue weighted by molar-refractivity contribution is 6.05. The minimum atomic E-state index is -0.0544. The number of carbonyl (C=O) groups excluding carboxylic acids is 1. The number of benzene rings is 2. The molecule has 6 nitrogen and oxygen atoms in total. The summed E-state index contributed by atoms with van der Waals surface area (Å²) in [7, 11) is 4.02. The summed E-state index contributed by atoms with van der Waals surface area (Å²) in [4.78, 5) is 28.9. The molecular weight excluding hydrogens is 446 g/mol. The van der Waals surface area contributed by atoms with Gasteiger partial charge in [0.25, 0.3) is 0 Å². The SMILES string of the molecule is CCc1cc(C2CCN(C)CC2)ccc1Cc1ncc2c(n1)N(C)C(=O)N(c1c(C)cccc1C)C2. The third kappa shape index (κ3) is 4.62. The van der Waals surface area contributed by atoms with E-state index < -0.39 is 0 Å². The van der Waals surface area contributed by atoms with Gasteiger partial charge in [0.1, 0.15) is 11.6 Å². The number of rotatable bonds is 5. The van der Waals surface area contributed by atoms with Crippen molar-refractivity contribution in [2.75, 3.05) is 37.0 Å². The first-order valence-electron chi connectivity index (χ1n) is 13.1. The molecule has 0 N–H and O–H groups in total. The number of amides is 2. The van der Waals surface area contributed by atoms with Crippen LogP contribution in [0.4, 0.5) is 16.3 Å². The Labute approximate surface area is 215 Å². The van der Waals surface area contributed by atoms with Crippen molar-refractivity contribution in [1.82, 2.24) is 14.9 Å². The van der Waals surface area contributed by atoms with Crippen molar-refractivity contribution in [2.24, 2.45) is 0 Å². The lowest BCUT2D eigenvalue weighted by Crippen LogP contribution is -2.46. The molecule has 0 unspecified atom stereocenters. The molecule has 5 rings (SSSR count). The van der Waals surface area contributed by atoms with Crippen LogP contribution in [0.3, 0.4) is 0 Å². The average Bonchev–Trinajstić information content (AvgIpc) is 2.88. The van der Waals surface area contributed by atoms with Gasteiger partial charge < -0.3 is 4.90 Å². The van der Waals surface area contributed by atoms with Gasteiger partial charge >= 0.3 is 6.03 Å². The van der Waals surface area contributed by atoms with Crippen molar-refractivity contribution in [2.45, 2.75) is 58.9 Å². The molecule has 1 aromatic heterocycles. The molecule has 2 aromatic carbocycles. The summed E-state index contributed by atoms with van der Waals surface area (Å²) in [6, 6.07) is 13.1. The Morgan fingerprint density at radius 3 is 2.42 bits per heavy atom. The van der Waals surface area contributed by atoms with E-state index in [2.05, 4.69) is 37.1 Å². The van der Waals surface area contributed by atoms with Crippen LogP contribution in [-0.2, 0) is 19.4 Å². The van der Waals surface area contributed by atoms with Crippen LogP contribution in [0.25, 0.3) is 0 Å². The highest BCUT2D eigenvalue weighted by Gasteiger charge is 2.32. The zero-order valence-corrected chi connectivity index (χ0v) is 22.2. The second-order valence-corrected chi connectivity index (χ2v) is 10.4. The van der Waals surface area contributed by atoms with Crippen molar-refractivity contribution in [3.63, 3.8) is 0 Å². The number of urea groups is 1. The Morgan fingerprint density at radius 2 is 1.72 bits per heavy atom. The van der Waals surface area contributed by atoms with Gasteiger partial charge in [-0.3, -0.25) is 9.80 Å². The Bertz CT molecular complexity index is 1260. The molecule has 2 aliphatic heterocycles. The molecule has 0 atom stereocenters. The molecule has 0 aliphatic carbocycles. The number of hydrogen-bond donors (Lipinski definition) is 0. The second kappa shape index (κ2) is 10.0. The van der Waals surface area contributed by atoms with Gasteiger partial charge in [0.15, 0.2) is 0 Å². The first kappa shape index (κ1) is 24.4. The zero-order valence-electron chi connectivity index (χ0n) is 22.2. The normalized spacial score (nSPS) is 17.0. The number of nitrogens with zero attached hydrogens (tertiary/aromatic N) is 5. The third-order valence-corrected chi connectivity index (χ3v) is 7.91. The molecule has 188 valence electrons. The lowest BCUT2D eigenvalue weighted by molar-refractivity contribution is 0.251. The van der Waals surface area contributed by atoms with Crippen LogP contribution in [0.2, 0.25) is 0 Å². The van der Waals surface area contributed by atoms with E-state index in [0.717, 1.165) is 34.6 Å². The van der Waals surface area contributed by atoms with Gasteiger partial charge in [-0.25, -0.2) is 14.8 Å². The van der Waals surface area contributed by atoms with Crippen LogP contribution in [-0.4, -0.2) is 48.1 Å². The van der Waals surface area contributed by atoms with Crippen LogP contribution in [0.5, 0.6) is 0 Å². The summed E-state index contributed by atoms with van der Waals surface area (Å²) in [5.74, 6) is 2.13. The molecule has 36 heavy (non-hydrogen) atoms. The number of piperidine rings is 1. The molecule has 0 spiro atoms. The maximum Gasteiger partial charge on any atom is 0.330 e. The Kier molecular flexibility index (Phi) is 6.80. The van der Waals surface area contributed by atoms with E-state index in [1.54, 1.807) is 4.90 Å². The smallest absolute Gasteiger partial charge is 0.306 e. The second-order valence-electron chi connectivity index (χ2n) is 10.4. The van der Waals surface area contributed by atoms with Crippen molar-refractivity contribution < 1.29 is 4.79 Å². The van der Waals surface area contributed by atoms with Crippen LogP contribution in [0.1, 0.15) is 64.9 Å². The number of carbonyl (C=O) groups is 1. The molecule has 1 saturated heterocycles. The van der Waals surface area contributed by atoms with Gasteiger partial charge in [0.05, 0.1) is 12.2 Å². The molecule has 3 heterocycles. The first-order chi connectivity index (χ1) is 17.4. The molecule has 0 saturated carbocycles. The van der Waals surface area contributed by atoms with E-state index >= 15 is 0 Å². The monoisotopic (exact) mass is 483 g/mol. The molecule has 3 aromatic rings. The van der Waals surface area contributed by atoms with Crippen molar-refractivity contribution in [3.05, 3.63) is 81.8 Å². The largest absolute Gasteiger partial charge is 0.330 e. The number of aromatic nitrogens is 2. The van der Waals surface area contributed by atoms with Gasteiger partial charge in [-0.05, 0) is 87.0 Å². The van der Waals surface area contributed by atoms with Crippen molar-refractivity contribution in [1.29, 1.82) is 0 Å². The molecule has 6 heteroatoms. The van der Waals surface area contributed by atoms with E-state index in [9.17, 15) is 4.79 Å². The van der Waals surface area contributed by atoms with Crippen LogP contribution < -0.4 is 9.80 Å². The van der Waals surface area contributed by atoms with Gasteiger partial charge in [-0.2, -0.15) is 0 Å². The molecule has 1 fully saturated rings. The number of para-hydroxylation sites is 1. The quantitative estimate of drug-likeness (QED) is 0.472. The summed E-state index contributed by atoms with van der Waals surface area (Å²) in [5.41, 5.74) is 8.24. The number of aryl methyl sites for hydroxylation is 3. The van der Waals surface area contributed by atoms with Crippen molar-refractivity contribution >= 4 is 17.5 Å². The minimum Gasteiger partial charge on any atom is -0.306 e. The van der Waals surface area contributed by atoms with E-state index in [4.69, 9.17) is 9.97 Å². The van der Waals surface area contributed by atoms with Gasteiger partial charge in [0.2, 0.25) is 0 Å². The Morgan fingerprint density at radius 1 is 1.00 bits per heavy atom. The van der Waals surface area contributed by atoms with Gasteiger partial charge in [-0.15, -0.1) is 0 Å². The summed E-state index contributed by atoms with van der Waals surface area (Å²) >= 11 is 0. The zero-order chi connectivity index (χ0) is 25.4. The fraction of sp³-hybridized carbons (Fsp3) is 0.433. The van der Waals surface area contributed by atoms with E-state index in [1.807, 2.05) is 50.2 Å². The molecule has 2 aliphatic rings. The summed E-state index contributed by atoms with van der Waals surface area (Å²) < 4.78 is 0. The Hall–Kier alpha value is -3.25. The van der Waals surface area contributed by atoms with Crippen molar-refractivity contribution in [3.8, 4) is 0 Å². The van der Waals surface area contributed by atoms with E-state index in [-0.39, 0.29) is 6.03 Å². The standard InChI is InChI=1S/C30H37N5O/c1-6-22-16-24(23-12-14-33(4)15-13-23)10-11-25(22)17-27-31-18-26-19-35(30(36)34(5)29(26)32-27)28-20(2)8-7-9-21(28)3/h7-11,16,18,23H,6,12-15,17,19H2,1-5H3. The molecule has 0 radical (unpaired) electrons. The molecular formula is C30H37N5O. The highest BCUT2D eigenvalue weighted by Crippen LogP contribution is 2.34. The van der Waals surface area contributed by atoms with E-state index in [0.29, 0.717) is 24.7 Å². The van der Waals surface area contributed by atoms with Crippen LogP contribution >= 0.6 is 0 Å². The van der Waals surface area contributed by atoms with E-state index in [1.165, 1.54) is 42.6 Å². The van der Waals surface area contributed by atoms with Gasteiger partial charge in [0, 0.05) is 25.2 Å². The fourth-order valence-electron chi connectivity index (χ4n) is 5.75. The molecule has 2 amide bonds. The topological polar surface area (TPSA) is 52.6 Å². The summed E-state index contributed by atoms with van der Waals surface area (Å²) in [5, 5.41) is 0. The predicted molar refractivity (Wildman–Crippen MR) is 146 cm³/mol. The lowest BCUT2D eigenvalue weighted by atomic mass is 9.87. The maximum absolute atomic E-state index is 13.4. The van der Waals surface area contributed by atoms with Crippen LogP contribution in [0, 0.1) is 13.8 Å². The van der Waals surface area contributed by atoms with Gasteiger partial charge in [-0.1, -0.05) is 43.3 Å². The highest BCUT2D eigenvalue weighted by atomic mass is 16.2. The first-order valence-corrected chi connectivity index (χ1v) is 13.1. The summed E-state index contributed by atoms with van der Waals surface area (Å²) in [6.45, 7) is 9.14. The Balaban J connectivity index is 1.38. The average molecular weight is 484 g/mol. The predicted octanol–water partition coefficient (Wildman–Crippen LogP) is 5.63. The number of hydrogen-bond acceptors (Lipinski definition) is 4. The third-order valence-electron chi connectivity index (χ3n) is 7.91. The number of fused-ring (bicyclic) bond motifs is 1. The fourth-order valence-corrected chi connectivity index (χ4v) is 5.75.